The summed E-state index contributed by atoms with van der Waals surface area (Å²) in [5.74, 6) is 0. The summed E-state index contributed by atoms with van der Waals surface area (Å²) < 4.78 is 0. The highest BCUT2D eigenvalue weighted by molar-refractivity contribution is 6.12. The summed E-state index contributed by atoms with van der Waals surface area (Å²) in [5.41, 5.74) is 1.99. The molecule has 0 rings (SSSR count). The summed E-state index contributed by atoms with van der Waals surface area (Å²) in [7, 11) is 1.33. The van der Waals surface area contributed by atoms with E-state index in [1.807, 2.05) is 0 Å². The van der Waals surface area contributed by atoms with Gasteiger partial charge < -0.3 is 0 Å². The number of hydrogen-bond acceptors (Lipinski definition) is 0. The highest BCUT2D eigenvalue weighted by Crippen LogP contribution is 2.37. The van der Waals surface area contributed by atoms with Gasteiger partial charge in [-0.1, -0.05) is 41.5 Å². The fourth-order valence-corrected chi connectivity index (χ4v) is 2.45. The molecule has 0 heterocycles. The van der Waals surface area contributed by atoms with Crippen LogP contribution in [0.25, 0.3) is 0 Å². The second-order valence-corrected chi connectivity index (χ2v) is 7.43. The van der Waals surface area contributed by atoms with Crippen molar-refractivity contribution in [1.29, 1.82) is 0 Å². The molecule has 0 spiro atoms. The number of hydrogen-bond donors (Lipinski definition) is 0. The Balaban J connectivity index is 3.99. The molecule has 0 aliphatic rings. The molecule has 0 aliphatic carbocycles. The maximum absolute atomic E-state index is 2.36. The molecule has 1 unspecified atom stereocenters. The molecule has 0 aliphatic heterocycles. The first-order chi connectivity index (χ1) is 4.63. The maximum Gasteiger partial charge on any atom is 0.00742 e. The van der Waals surface area contributed by atoms with E-state index in [9.17, 15) is 0 Å². The molecule has 0 nitrogen and oxygen atoms in total. The molecule has 0 saturated carbocycles. The van der Waals surface area contributed by atoms with Crippen LogP contribution in [0.3, 0.4) is 0 Å². The summed E-state index contributed by atoms with van der Waals surface area (Å²) in [6.45, 7) is 14.1. The van der Waals surface area contributed by atoms with Crippen molar-refractivity contribution in [3.05, 3.63) is 0 Å². The molecule has 0 radical (unpaired) electrons. The van der Waals surface area contributed by atoms with Crippen molar-refractivity contribution in [2.75, 3.05) is 0 Å². The first kappa shape index (κ1) is 11.2. The smallest absolute Gasteiger partial charge is 0.00742 e. The topological polar surface area (TPSA) is 0 Å². The highest BCUT2D eigenvalue weighted by atomic mass is 28.1. The minimum absolute atomic E-state index is 0.514. The van der Waals surface area contributed by atoms with E-state index in [2.05, 4.69) is 41.5 Å². The van der Waals surface area contributed by atoms with Crippen LogP contribution in [0.4, 0.5) is 0 Å². The van der Waals surface area contributed by atoms with Crippen molar-refractivity contribution < 1.29 is 0 Å². The normalized spacial score (nSPS) is 16.9. The molecule has 0 aromatic rings. The lowest BCUT2D eigenvalue weighted by Crippen LogP contribution is -2.20. The molecule has 1 heteroatoms. The zero-order valence-electron chi connectivity index (χ0n) is 9.28. The Bertz CT molecular complexity index is 114. The van der Waals surface area contributed by atoms with Gasteiger partial charge in [0.2, 0.25) is 0 Å². The van der Waals surface area contributed by atoms with Crippen molar-refractivity contribution in [3.8, 4) is 0 Å². The third kappa shape index (κ3) is 5.48. The van der Waals surface area contributed by atoms with E-state index in [0.717, 1.165) is 5.54 Å². The van der Waals surface area contributed by atoms with Crippen molar-refractivity contribution in [2.24, 2.45) is 10.8 Å². The van der Waals surface area contributed by atoms with Gasteiger partial charge in [0.25, 0.3) is 0 Å². The Morgan fingerprint density at radius 1 is 1.00 bits per heavy atom. The van der Waals surface area contributed by atoms with Gasteiger partial charge in [0, 0.05) is 10.2 Å². The van der Waals surface area contributed by atoms with Crippen LogP contribution in [0.1, 0.15) is 48.0 Å². The molecule has 0 bridgehead atoms. The van der Waals surface area contributed by atoms with E-state index in [1.54, 1.807) is 0 Å². The van der Waals surface area contributed by atoms with Crippen LogP contribution in [0.2, 0.25) is 5.54 Å². The van der Waals surface area contributed by atoms with E-state index < -0.39 is 0 Å². The highest BCUT2D eigenvalue weighted by Gasteiger charge is 2.24. The van der Waals surface area contributed by atoms with Crippen LogP contribution >= 0.6 is 0 Å². The van der Waals surface area contributed by atoms with Gasteiger partial charge in [0.1, 0.15) is 0 Å². The molecule has 0 aromatic heterocycles. The maximum atomic E-state index is 2.36. The van der Waals surface area contributed by atoms with Crippen LogP contribution in [0.15, 0.2) is 0 Å². The summed E-state index contributed by atoms with van der Waals surface area (Å²) in [4.78, 5) is 0. The zero-order chi connectivity index (χ0) is 9.28. The fraction of sp³-hybridized carbons (Fsp3) is 1.00. The van der Waals surface area contributed by atoms with Crippen LogP contribution in [-0.4, -0.2) is 10.2 Å². The molecule has 0 fully saturated rings. The molecular weight excluding hydrogens is 148 g/mol. The quantitative estimate of drug-likeness (QED) is 0.533. The Morgan fingerprint density at radius 2 is 1.36 bits per heavy atom. The monoisotopic (exact) mass is 172 g/mol. The zero-order valence-corrected chi connectivity index (χ0v) is 11.3. The summed E-state index contributed by atoms with van der Waals surface area (Å²) in [6.07, 6.45) is 1.38. The van der Waals surface area contributed by atoms with Gasteiger partial charge in [-0.3, -0.25) is 0 Å². The second kappa shape index (κ2) is 3.30. The lowest BCUT2D eigenvalue weighted by Gasteiger charge is -2.32. The lowest BCUT2D eigenvalue weighted by atomic mass is 9.81. The summed E-state index contributed by atoms with van der Waals surface area (Å²) >= 11 is 0. The van der Waals surface area contributed by atoms with E-state index in [4.69, 9.17) is 0 Å². The van der Waals surface area contributed by atoms with E-state index in [-0.39, 0.29) is 0 Å². The lowest BCUT2D eigenvalue weighted by molar-refractivity contribution is 0.276. The Morgan fingerprint density at radius 3 is 1.45 bits per heavy atom. The Labute approximate surface area is 75.2 Å². The molecule has 11 heavy (non-hydrogen) atoms. The molecule has 0 saturated heterocycles. The predicted molar refractivity (Wildman–Crippen MR) is 57.2 cm³/mol. The van der Waals surface area contributed by atoms with Gasteiger partial charge in [-0.15, -0.1) is 0 Å². The van der Waals surface area contributed by atoms with Crippen molar-refractivity contribution in [2.45, 2.75) is 53.5 Å². The van der Waals surface area contributed by atoms with Gasteiger partial charge in [0.15, 0.2) is 0 Å². The van der Waals surface area contributed by atoms with Crippen LogP contribution in [0.5, 0.6) is 0 Å². The third-order valence-electron chi connectivity index (χ3n) is 2.40. The minimum Gasteiger partial charge on any atom is -0.0602 e. The fourth-order valence-electron chi connectivity index (χ4n) is 1.22. The first-order valence-electron chi connectivity index (χ1n) is 4.63. The Hall–Kier alpha value is 0.217. The molecular formula is C10H24Si. The van der Waals surface area contributed by atoms with Crippen molar-refractivity contribution in [3.63, 3.8) is 0 Å². The molecule has 0 N–H and O–H groups in total. The molecule has 1 atom stereocenters. The SMILES string of the molecule is CC(C)(C)CC([SiH3])C(C)(C)C. The third-order valence-corrected chi connectivity index (χ3v) is 4.54. The number of rotatable bonds is 1. The average Bonchev–Trinajstić information content (AvgIpc) is 1.56. The van der Waals surface area contributed by atoms with Gasteiger partial charge in [-0.2, -0.15) is 0 Å². The van der Waals surface area contributed by atoms with E-state index in [1.165, 1.54) is 16.7 Å². The van der Waals surface area contributed by atoms with Gasteiger partial charge in [-0.25, -0.2) is 0 Å². The van der Waals surface area contributed by atoms with E-state index in [0.29, 0.717) is 10.8 Å². The molecule has 68 valence electrons. The first-order valence-corrected chi connectivity index (χ1v) is 5.78. The Kier molecular flexibility index (Phi) is 3.37. The van der Waals surface area contributed by atoms with Crippen LogP contribution in [-0.2, 0) is 0 Å². The minimum atomic E-state index is 0.514. The van der Waals surface area contributed by atoms with E-state index >= 15 is 0 Å². The average molecular weight is 172 g/mol. The van der Waals surface area contributed by atoms with Crippen molar-refractivity contribution >= 4 is 10.2 Å². The van der Waals surface area contributed by atoms with Crippen LogP contribution < -0.4 is 0 Å². The standard InChI is InChI=1S/C10H24Si/c1-9(2,3)7-8(11)10(4,5)6/h8H,7H2,1-6,11H3. The molecule has 0 amide bonds. The van der Waals surface area contributed by atoms with Crippen molar-refractivity contribution in [1.82, 2.24) is 0 Å². The largest absolute Gasteiger partial charge is 0.0602 e. The van der Waals surface area contributed by atoms with Gasteiger partial charge in [-0.05, 0) is 22.8 Å². The summed E-state index contributed by atoms with van der Waals surface area (Å²) in [6, 6.07) is 0. The van der Waals surface area contributed by atoms with Gasteiger partial charge in [0.05, 0.1) is 0 Å². The summed E-state index contributed by atoms with van der Waals surface area (Å²) in [5, 5.41) is 0. The van der Waals surface area contributed by atoms with Gasteiger partial charge >= 0.3 is 0 Å². The van der Waals surface area contributed by atoms with Crippen LogP contribution in [0, 0.1) is 10.8 Å². The molecule has 0 aromatic carbocycles. The second-order valence-electron chi connectivity index (χ2n) is 6.03. The predicted octanol–water partition coefficient (Wildman–Crippen LogP) is 2.62.